The smallest absolute Gasteiger partial charge is 0.242 e. The van der Waals surface area contributed by atoms with Gasteiger partial charge < -0.3 is 14.7 Å². The van der Waals surface area contributed by atoms with Crippen molar-refractivity contribution in [2.45, 2.75) is 33.1 Å². The van der Waals surface area contributed by atoms with E-state index < -0.39 is 0 Å². The molecular formula is C26H29FN4O2. The fourth-order valence-corrected chi connectivity index (χ4v) is 5.05. The number of carbonyl (C=O) groups excluding carboxylic acids is 2. The molecule has 2 heterocycles. The molecule has 2 aromatic carbocycles. The first kappa shape index (κ1) is 21.6. The van der Waals surface area contributed by atoms with E-state index in [0.29, 0.717) is 26.2 Å². The Morgan fingerprint density at radius 1 is 1.06 bits per heavy atom. The summed E-state index contributed by atoms with van der Waals surface area (Å²) >= 11 is 0. The zero-order valence-electron chi connectivity index (χ0n) is 19.2. The number of aliphatic imine (C=N–C) groups is 1. The summed E-state index contributed by atoms with van der Waals surface area (Å²) in [4.78, 5) is 37.3. The van der Waals surface area contributed by atoms with Crippen LogP contribution in [-0.2, 0) is 9.59 Å². The van der Waals surface area contributed by atoms with Crippen molar-refractivity contribution >= 4 is 34.6 Å². The molecule has 0 bridgehead atoms. The van der Waals surface area contributed by atoms with Crippen molar-refractivity contribution < 1.29 is 14.0 Å². The minimum absolute atomic E-state index is 0.00782. The van der Waals surface area contributed by atoms with Gasteiger partial charge in [-0.15, -0.1) is 0 Å². The number of amides is 2. The fourth-order valence-electron chi connectivity index (χ4n) is 5.05. The second kappa shape index (κ2) is 8.61. The number of rotatable bonds is 3. The lowest BCUT2D eigenvalue weighted by Gasteiger charge is -2.37. The SMILES string of the molecule is Cc1cc2c(cc1C)N(CC(=O)N1CCN(c3ccc(F)cc3)CC1)C(=O)[C@H]1CCCC1=N2. The normalized spacial score (nSPS) is 20.3. The van der Waals surface area contributed by atoms with E-state index in [1.165, 1.54) is 12.1 Å². The summed E-state index contributed by atoms with van der Waals surface area (Å²) in [5, 5.41) is 0. The number of piperazine rings is 1. The van der Waals surface area contributed by atoms with Crippen molar-refractivity contribution in [1.29, 1.82) is 0 Å². The molecule has 1 atom stereocenters. The van der Waals surface area contributed by atoms with E-state index in [1.807, 2.05) is 30.9 Å². The summed E-state index contributed by atoms with van der Waals surface area (Å²) in [7, 11) is 0. The lowest BCUT2D eigenvalue weighted by Crippen LogP contribution is -2.52. The van der Waals surface area contributed by atoms with Gasteiger partial charge in [0.1, 0.15) is 12.4 Å². The summed E-state index contributed by atoms with van der Waals surface area (Å²) in [6, 6.07) is 10.5. The van der Waals surface area contributed by atoms with Crippen molar-refractivity contribution in [1.82, 2.24) is 4.90 Å². The second-order valence-electron chi connectivity index (χ2n) is 9.24. The zero-order valence-corrected chi connectivity index (χ0v) is 19.2. The number of carbonyl (C=O) groups is 2. The largest absolute Gasteiger partial charge is 0.368 e. The van der Waals surface area contributed by atoms with Crippen LogP contribution in [0.15, 0.2) is 41.4 Å². The van der Waals surface area contributed by atoms with Gasteiger partial charge in [0.2, 0.25) is 11.8 Å². The molecular weight excluding hydrogens is 419 g/mol. The summed E-state index contributed by atoms with van der Waals surface area (Å²) < 4.78 is 13.2. The third kappa shape index (κ3) is 4.12. The number of aryl methyl sites for hydroxylation is 2. The van der Waals surface area contributed by atoms with Crippen molar-refractivity contribution in [3.05, 3.63) is 53.3 Å². The van der Waals surface area contributed by atoms with E-state index in [-0.39, 0.29) is 30.1 Å². The first-order valence-corrected chi connectivity index (χ1v) is 11.7. The number of nitrogens with zero attached hydrogens (tertiary/aromatic N) is 4. The van der Waals surface area contributed by atoms with Crippen LogP contribution in [0.2, 0.25) is 0 Å². The maximum Gasteiger partial charge on any atom is 0.242 e. The van der Waals surface area contributed by atoms with Crippen LogP contribution in [0.25, 0.3) is 0 Å². The third-order valence-corrected chi connectivity index (χ3v) is 7.16. The van der Waals surface area contributed by atoms with Crippen molar-refractivity contribution in [3.63, 3.8) is 0 Å². The van der Waals surface area contributed by atoms with Gasteiger partial charge in [-0.05, 0) is 80.6 Å². The number of fused-ring (bicyclic) bond motifs is 2. The molecule has 2 aromatic rings. The van der Waals surface area contributed by atoms with Crippen molar-refractivity contribution in [2.24, 2.45) is 10.9 Å². The van der Waals surface area contributed by atoms with Crippen molar-refractivity contribution in [2.75, 3.05) is 42.5 Å². The molecule has 2 aliphatic heterocycles. The summed E-state index contributed by atoms with van der Waals surface area (Å²) in [6.45, 7) is 6.60. The lowest BCUT2D eigenvalue weighted by atomic mass is 10.0. The maximum absolute atomic E-state index is 13.5. The summed E-state index contributed by atoms with van der Waals surface area (Å²) in [6.07, 6.45) is 2.60. The van der Waals surface area contributed by atoms with Crippen LogP contribution in [0.5, 0.6) is 0 Å². The zero-order chi connectivity index (χ0) is 23.1. The highest BCUT2D eigenvalue weighted by molar-refractivity contribution is 6.16. The average Bonchev–Trinajstić information content (AvgIpc) is 3.24. The van der Waals surface area contributed by atoms with Crippen LogP contribution < -0.4 is 9.80 Å². The van der Waals surface area contributed by atoms with Gasteiger partial charge in [-0.1, -0.05) is 0 Å². The first-order valence-electron chi connectivity index (χ1n) is 11.7. The Bertz CT molecular complexity index is 1120. The van der Waals surface area contributed by atoms with Gasteiger partial charge in [-0.2, -0.15) is 0 Å². The minimum Gasteiger partial charge on any atom is -0.368 e. The number of hydrogen-bond donors (Lipinski definition) is 0. The molecule has 0 aromatic heterocycles. The average molecular weight is 449 g/mol. The quantitative estimate of drug-likeness (QED) is 0.713. The molecule has 0 unspecified atom stereocenters. The monoisotopic (exact) mass is 448 g/mol. The van der Waals surface area contributed by atoms with Crippen LogP contribution in [0.4, 0.5) is 21.5 Å². The molecule has 1 saturated carbocycles. The standard InChI is InChI=1S/C26H29FN4O2/c1-17-14-23-24(15-18(17)2)31(26(33)21-4-3-5-22(21)28-23)16-25(32)30-12-10-29(11-13-30)20-8-6-19(27)7-9-20/h6-9,14-15,21H,3-5,10-13,16H2,1-2H3/t21-/m0/s1. The molecule has 2 fully saturated rings. The predicted octanol–water partition coefficient (Wildman–Crippen LogP) is 4.01. The molecule has 7 heteroatoms. The van der Waals surface area contributed by atoms with E-state index >= 15 is 0 Å². The van der Waals surface area contributed by atoms with E-state index in [0.717, 1.165) is 53.2 Å². The topological polar surface area (TPSA) is 56.2 Å². The number of benzene rings is 2. The number of halogens is 1. The van der Waals surface area contributed by atoms with Crippen LogP contribution in [0.3, 0.4) is 0 Å². The lowest BCUT2D eigenvalue weighted by molar-refractivity contribution is -0.132. The van der Waals surface area contributed by atoms with Gasteiger partial charge in [0, 0.05) is 37.6 Å². The summed E-state index contributed by atoms with van der Waals surface area (Å²) in [5.74, 6) is -0.532. The van der Waals surface area contributed by atoms with Gasteiger partial charge in [0.15, 0.2) is 0 Å². The maximum atomic E-state index is 13.5. The Balaban J connectivity index is 1.33. The highest BCUT2D eigenvalue weighted by atomic mass is 19.1. The van der Waals surface area contributed by atoms with Gasteiger partial charge in [0.25, 0.3) is 0 Å². The van der Waals surface area contributed by atoms with E-state index in [9.17, 15) is 14.0 Å². The Morgan fingerprint density at radius 3 is 2.48 bits per heavy atom. The Hall–Kier alpha value is -3.22. The molecule has 1 aliphatic carbocycles. The van der Waals surface area contributed by atoms with Crippen molar-refractivity contribution in [3.8, 4) is 0 Å². The molecule has 0 radical (unpaired) electrons. The highest BCUT2D eigenvalue weighted by Crippen LogP contribution is 2.39. The van der Waals surface area contributed by atoms with Crippen LogP contribution in [0, 0.1) is 25.6 Å². The molecule has 172 valence electrons. The second-order valence-corrected chi connectivity index (χ2v) is 9.24. The first-order chi connectivity index (χ1) is 15.9. The van der Waals surface area contributed by atoms with E-state index in [1.54, 1.807) is 17.0 Å². The fraction of sp³-hybridized carbons (Fsp3) is 0.423. The van der Waals surface area contributed by atoms with E-state index in [4.69, 9.17) is 4.99 Å². The highest BCUT2D eigenvalue weighted by Gasteiger charge is 2.38. The molecule has 0 spiro atoms. The Morgan fingerprint density at radius 2 is 1.76 bits per heavy atom. The molecule has 6 nitrogen and oxygen atoms in total. The summed E-state index contributed by atoms with van der Waals surface area (Å²) in [5.41, 5.74) is 5.65. The van der Waals surface area contributed by atoms with Crippen LogP contribution in [-0.4, -0.2) is 55.1 Å². The molecule has 2 amide bonds. The van der Waals surface area contributed by atoms with Gasteiger partial charge >= 0.3 is 0 Å². The molecule has 33 heavy (non-hydrogen) atoms. The van der Waals surface area contributed by atoms with Gasteiger partial charge in [-0.3, -0.25) is 14.6 Å². The van der Waals surface area contributed by atoms with Crippen LogP contribution >= 0.6 is 0 Å². The van der Waals surface area contributed by atoms with E-state index in [2.05, 4.69) is 4.90 Å². The number of anilines is 2. The molecule has 0 N–H and O–H groups in total. The molecule has 5 rings (SSSR count). The Labute approximate surface area is 193 Å². The Kier molecular flexibility index (Phi) is 5.64. The van der Waals surface area contributed by atoms with Gasteiger partial charge in [-0.25, -0.2) is 4.39 Å². The number of hydrogen-bond acceptors (Lipinski definition) is 4. The minimum atomic E-state index is -0.255. The third-order valence-electron chi connectivity index (χ3n) is 7.16. The predicted molar refractivity (Wildman–Crippen MR) is 128 cm³/mol. The van der Waals surface area contributed by atoms with Crippen LogP contribution in [0.1, 0.15) is 30.4 Å². The molecule has 1 saturated heterocycles. The van der Waals surface area contributed by atoms with Gasteiger partial charge in [0.05, 0.1) is 17.3 Å². The molecule has 3 aliphatic rings.